The van der Waals surface area contributed by atoms with Crippen LogP contribution in [0.3, 0.4) is 0 Å². The van der Waals surface area contributed by atoms with Crippen molar-refractivity contribution < 1.29 is 9.84 Å². The molecule has 2 aromatic carbocycles. The van der Waals surface area contributed by atoms with E-state index in [9.17, 15) is 0 Å². The summed E-state index contributed by atoms with van der Waals surface area (Å²) in [5.41, 5.74) is 1.16. The molecule has 1 N–H and O–H groups in total. The summed E-state index contributed by atoms with van der Waals surface area (Å²) in [6.45, 7) is 0.546. The van der Waals surface area contributed by atoms with Crippen molar-refractivity contribution in [2.75, 3.05) is 0 Å². The Morgan fingerprint density at radius 2 is 1.69 bits per heavy atom. The summed E-state index contributed by atoms with van der Waals surface area (Å²) in [6, 6.07) is 14.8. The lowest BCUT2D eigenvalue weighted by atomic mass is 10.2. The minimum absolute atomic E-state index is 0.252. The molecule has 16 heavy (non-hydrogen) atoms. The number of rotatable bonds is 3. The van der Waals surface area contributed by atoms with E-state index < -0.39 is 0 Å². The van der Waals surface area contributed by atoms with Gasteiger partial charge < -0.3 is 9.84 Å². The fraction of sp³-hybridized carbons (Fsp3) is 0.0769. The molecule has 0 fully saturated rings. The standard InChI is InChI=1S/C13H11IO2/c14-13-4-2-1-3-10(13)9-16-12-7-5-11(15)6-8-12/h1-8,15H,9H2. The summed E-state index contributed by atoms with van der Waals surface area (Å²) >= 11 is 2.29. The highest BCUT2D eigenvalue weighted by Gasteiger charge is 1.99. The molecule has 0 radical (unpaired) electrons. The van der Waals surface area contributed by atoms with Gasteiger partial charge >= 0.3 is 0 Å². The molecule has 0 amide bonds. The van der Waals surface area contributed by atoms with Crippen LogP contribution in [0.5, 0.6) is 11.5 Å². The molecule has 0 saturated carbocycles. The molecule has 0 unspecified atom stereocenters. The van der Waals surface area contributed by atoms with Crippen molar-refractivity contribution >= 4 is 22.6 Å². The zero-order valence-corrected chi connectivity index (χ0v) is 10.7. The fourth-order valence-electron chi connectivity index (χ4n) is 1.32. The van der Waals surface area contributed by atoms with Gasteiger partial charge in [0.1, 0.15) is 18.1 Å². The van der Waals surface area contributed by atoms with Crippen molar-refractivity contribution in [2.24, 2.45) is 0 Å². The van der Waals surface area contributed by atoms with E-state index in [4.69, 9.17) is 9.84 Å². The van der Waals surface area contributed by atoms with Crippen LogP contribution in [-0.4, -0.2) is 5.11 Å². The first-order valence-corrected chi connectivity index (χ1v) is 5.99. The number of ether oxygens (including phenoxy) is 1. The maximum atomic E-state index is 9.13. The van der Waals surface area contributed by atoms with Gasteiger partial charge in [0.25, 0.3) is 0 Å². The lowest BCUT2D eigenvalue weighted by molar-refractivity contribution is 0.305. The fourth-order valence-corrected chi connectivity index (χ4v) is 1.86. The third-order valence-corrected chi connectivity index (χ3v) is 3.24. The van der Waals surface area contributed by atoms with Crippen molar-refractivity contribution in [3.8, 4) is 11.5 Å². The maximum absolute atomic E-state index is 9.13. The molecule has 2 rings (SSSR count). The van der Waals surface area contributed by atoms with E-state index in [0.717, 1.165) is 11.3 Å². The maximum Gasteiger partial charge on any atom is 0.120 e. The monoisotopic (exact) mass is 326 g/mol. The highest BCUT2D eigenvalue weighted by atomic mass is 127. The van der Waals surface area contributed by atoms with Crippen LogP contribution in [0.1, 0.15) is 5.56 Å². The lowest BCUT2D eigenvalue weighted by Crippen LogP contribution is -1.97. The lowest BCUT2D eigenvalue weighted by Gasteiger charge is -2.07. The number of hydrogen-bond acceptors (Lipinski definition) is 2. The summed E-state index contributed by atoms with van der Waals surface area (Å²) in [5, 5.41) is 9.13. The minimum atomic E-state index is 0.252. The van der Waals surface area contributed by atoms with Crippen LogP contribution in [-0.2, 0) is 6.61 Å². The van der Waals surface area contributed by atoms with Crippen molar-refractivity contribution in [2.45, 2.75) is 6.61 Å². The molecule has 0 aromatic heterocycles. The normalized spacial score (nSPS) is 10.1. The average Bonchev–Trinajstić information content (AvgIpc) is 2.30. The number of phenolic OH excluding ortho intramolecular Hbond substituents is 1. The zero-order chi connectivity index (χ0) is 11.4. The Bertz CT molecular complexity index is 466. The number of halogens is 1. The van der Waals surface area contributed by atoms with Gasteiger partial charge in [-0.2, -0.15) is 0 Å². The molecule has 0 aliphatic heterocycles. The smallest absolute Gasteiger partial charge is 0.120 e. The first kappa shape index (κ1) is 11.3. The van der Waals surface area contributed by atoms with Crippen molar-refractivity contribution in [1.29, 1.82) is 0 Å². The van der Waals surface area contributed by atoms with E-state index in [2.05, 4.69) is 28.7 Å². The molecular weight excluding hydrogens is 315 g/mol. The first-order valence-electron chi connectivity index (χ1n) is 4.91. The van der Waals surface area contributed by atoms with Crippen molar-refractivity contribution in [3.63, 3.8) is 0 Å². The van der Waals surface area contributed by atoms with Crippen LogP contribution in [0.4, 0.5) is 0 Å². The summed E-state index contributed by atoms with van der Waals surface area (Å²) < 4.78 is 6.81. The highest BCUT2D eigenvalue weighted by molar-refractivity contribution is 14.1. The van der Waals surface area contributed by atoms with Gasteiger partial charge in [-0.3, -0.25) is 0 Å². The molecule has 0 aliphatic carbocycles. The van der Waals surface area contributed by atoms with Gasteiger partial charge in [-0.05, 0) is 52.9 Å². The topological polar surface area (TPSA) is 29.5 Å². The largest absolute Gasteiger partial charge is 0.508 e. The molecule has 0 heterocycles. The second kappa shape index (κ2) is 5.21. The van der Waals surface area contributed by atoms with Gasteiger partial charge in [0.15, 0.2) is 0 Å². The summed E-state index contributed by atoms with van der Waals surface area (Å²) in [4.78, 5) is 0. The molecule has 0 aliphatic rings. The number of aromatic hydroxyl groups is 1. The van der Waals surface area contributed by atoms with Crippen molar-refractivity contribution in [3.05, 3.63) is 57.7 Å². The Balaban J connectivity index is 2.02. The van der Waals surface area contributed by atoms with Crippen LogP contribution >= 0.6 is 22.6 Å². The predicted molar refractivity (Wildman–Crippen MR) is 71.6 cm³/mol. The first-order chi connectivity index (χ1) is 7.75. The van der Waals surface area contributed by atoms with E-state index in [1.54, 1.807) is 24.3 Å². The van der Waals surface area contributed by atoms with E-state index in [1.165, 1.54) is 3.57 Å². The molecule has 2 aromatic rings. The summed E-state index contributed by atoms with van der Waals surface area (Å²) in [5.74, 6) is 1.01. The molecule has 2 nitrogen and oxygen atoms in total. The second-order valence-electron chi connectivity index (χ2n) is 3.37. The zero-order valence-electron chi connectivity index (χ0n) is 8.56. The Hall–Kier alpha value is -1.23. The summed E-state index contributed by atoms with van der Waals surface area (Å²) in [7, 11) is 0. The summed E-state index contributed by atoms with van der Waals surface area (Å²) in [6.07, 6.45) is 0. The molecular formula is C13H11IO2. The van der Waals surface area contributed by atoms with Crippen LogP contribution in [0, 0.1) is 3.57 Å². The SMILES string of the molecule is Oc1ccc(OCc2ccccc2I)cc1. The molecule has 0 bridgehead atoms. The van der Waals surface area contributed by atoms with Gasteiger partial charge in [-0.1, -0.05) is 18.2 Å². The van der Waals surface area contributed by atoms with Crippen LogP contribution in [0.25, 0.3) is 0 Å². The van der Waals surface area contributed by atoms with E-state index in [-0.39, 0.29) is 5.75 Å². The van der Waals surface area contributed by atoms with Gasteiger partial charge in [0.2, 0.25) is 0 Å². The third kappa shape index (κ3) is 2.88. The minimum Gasteiger partial charge on any atom is -0.508 e. The number of phenols is 1. The quantitative estimate of drug-likeness (QED) is 0.874. The number of hydrogen-bond donors (Lipinski definition) is 1. The van der Waals surface area contributed by atoms with Gasteiger partial charge in [-0.25, -0.2) is 0 Å². The van der Waals surface area contributed by atoms with E-state index in [1.807, 2.05) is 18.2 Å². The predicted octanol–water partition coefficient (Wildman–Crippen LogP) is 3.58. The molecule has 0 atom stereocenters. The van der Waals surface area contributed by atoms with Crippen LogP contribution < -0.4 is 4.74 Å². The Kier molecular flexibility index (Phi) is 3.66. The Morgan fingerprint density at radius 1 is 1.00 bits per heavy atom. The molecule has 82 valence electrons. The Labute approximate surface area is 108 Å². The van der Waals surface area contributed by atoms with E-state index in [0.29, 0.717) is 6.61 Å². The molecule has 0 saturated heterocycles. The van der Waals surface area contributed by atoms with Crippen LogP contribution in [0.15, 0.2) is 48.5 Å². The van der Waals surface area contributed by atoms with Gasteiger partial charge in [0, 0.05) is 9.13 Å². The molecule has 3 heteroatoms. The van der Waals surface area contributed by atoms with Crippen molar-refractivity contribution in [1.82, 2.24) is 0 Å². The average molecular weight is 326 g/mol. The van der Waals surface area contributed by atoms with Crippen LogP contribution in [0.2, 0.25) is 0 Å². The van der Waals surface area contributed by atoms with Gasteiger partial charge in [-0.15, -0.1) is 0 Å². The Morgan fingerprint density at radius 3 is 2.38 bits per heavy atom. The third-order valence-electron chi connectivity index (χ3n) is 2.19. The highest BCUT2D eigenvalue weighted by Crippen LogP contribution is 2.18. The number of benzene rings is 2. The van der Waals surface area contributed by atoms with E-state index >= 15 is 0 Å². The second-order valence-corrected chi connectivity index (χ2v) is 4.54. The van der Waals surface area contributed by atoms with Gasteiger partial charge in [0.05, 0.1) is 0 Å². The molecule has 0 spiro atoms.